The van der Waals surface area contributed by atoms with Crippen LogP contribution < -0.4 is 5.32 Å². The van der Waals surface area contributed by atoms with Gasteiger partial charge in [-0.05, 0) is 42.0 Å². The molecule has 2 aromatic heterocycles. The third-order valence-electron chi connectivity index (χ3n) is 2.55. The molecular weight excluding hydrogens is 250 g/mol. The minimum absolute atomic E-state index is 0.470. The van der Waals surface area contributed by atoms with Gasteiger partial charge in [0.1, 0.15) is 17.2 Å². The lowest BCUT2D eigenvalue weighted by molar-refractivity contribution is 0.565. The van der Waals surface area contributed by atoms with E-state index in [2.05, 4.69) is 30.8 Å². The van der Waals surface area contributed by atoms with Gasteiger partial charge in [-0.2, -0.15) is 0 Å². The van der Waals surface area contributed by atoms with Gasteiger partial charge in [-0.1, -0.05) is 0 Å². The second kappa shape index (κ2) is 4.89. The molecular formula is C10H13N7S. The molecule has 0 amide bonds. The van der Waals surface area contributed by atoms with E-state index in [1.807, 2.05) is 17.7 Å². The molecule has 0 radical (unpaired) electrons. The minimum Gasteiger partial charge on any atom is -0.370 e. The first-order valence-electron chi connectivity index (χ1n) is 5.88. The van der Waals surface area contributed by atoms with E-state index in [9.17, 15) is 0 Å². The first kappa shape index (κ1) is 11.4. The van der Waals surface area contributed by atoms with E-state index >= 15 is 0 Å². The number of aromatic nitrogens is 6. The van der Waals surface area contributed by atoms with Crippen LogP contribution in [0.2, 0.25) is 0 Å². The summed E-state index contributed by atoms with van der Waals surface area (Å²) in [5, 5.41) is 16.6. The summed E-state index contributed by atoms with van der Waals surface area (Å²) < 4.78 is 1.87. The predicted octanol–water partition coefficient (Wildman–Crippen LogP) is 1.38. The molecule has 0 unspecified atom stereocenters. The molecule has 94 valence electrons. The number of rotatable bonds is 5. The SMILES string of the molecule is CCNc1cc(Sc2nnnn2C2CC2)ncn1. The Kier molecular flexibility index (Phi) is 3.09. The maximum atomic E-state index is 4.22. The summed E-state index contributed by atoms with van der Waals surface area (Å²) in [5.74, 6) is 0.820. The molecule has 0 saturated heterocycles. The van der Waals surface area contributed by atoms with Crippen LogP contribution in [0.4, 0.5) is 5.82 Å². The maximum absolute atomic E-state index is 4.22. The number of nitrogens with one attached hydrogen (secondary N) is 1. The Morgan fingerprint density at radius 2 is 2.33 bits per heavy atom. The predicted molar refractivity (Wildman–Crippen MR) is 66.4 cm³/mol. The Bertz CT molecular complexity index is 537. The molecule has 1 fully saturated rings. The topological polar surface area (TPSA) is 81.4 Å². The van der Waals surface area contributed by atoms with Gasteiger partial charge in [0.05, 0.1) is 6.04 Å². The first-order chi connectivity index (χ1) is 8.86. The van der Waals surface area contributed by atoms with Crippen LogP contribution in [0.1, 0.15) is 25.8 Å². The van der Waals surface area contributed by atoms with E-state index < -0.39 is 0 Å². The molecule has 8 heteroatoms. The van der Waals surface area contributed by atoms with Gasteiger partial charge in [-0.3, -0.25) is 0 Å². The van der Waals surface area contributed by atoms with Crippen molar-refractivity contribution in [2.45, 2.75) is 36.0 Å². The number of hydrogen-bond acceptors (Lipinski definition) is 7. The Hall–Kier alpha value is -1.70. The summed E-state index contributed by atoms with van der Waals surface area (Å²) >= 11 is 1.46. The summed E-state index contributed by atoms with van der Waals surface area (Å²) in [5.41, 5.74) is 0. The molecule has 18 heavy (non-hydrogen) atoms. The van der Waals surface area contributed by atoms with Crippen LogP contribution in [0, 0.1) is 0 Å². The highest BCUT2D eigenvalue weighted by molar-refractivity contribution is 7.99. The molecule has 1 aliphatic carbocycles. The van der Waals surface area contributed by atoms with Crippen LogP contribution in [0.25, 0.3) is 0 Å². The summed E-state index contributed by atoms with van der Waals surface area (Å²) in [7, 11) is 0. The summed E-state index contributed by atoms with van der Waals surface area (Å²) in [6, 6.07) is 2.37. The molecule has 0 spiro atoms. The van der Waals surface area contributed by atoms with Crippen molar-refractivity contribution in [1.29, 1.82) is 0 Å². The molecule has 1 N–H and O–H groups in total. The Labute approximate surface area is 108 Å². The average molecular weight is 263 g/mol. The Morgan fingerprint density at radius 1 is 1.44 bits per heavy atom. The monoisotopic (exact) mass is 263 g/mol. The van der Waals surface area contributed by atoms with Crippen molar-refractivity contribution in [2.75, 3.05) is 11.9 Å². The molecule has 0 bridgehead atoms. The highest BCUT2D eigenvalue weighted by Crippen LogP contribution is 2.37. The fourth-order valence-corrected chi connectivity index (χ4v) is 2.38. The van der Waals surface area contributed by atoms with Crippen LogP contribution >= 0.6 is 11.8 Å². The van der Waals surface area contributed by atoms with Gasteiger partial charge in [0.2, 0.25) is 5.16 Å². The van der Waals surface area contributed by atoms with E-state index in [-0.39, 0.29) is 0 Å². The number of tetrazole rings is 1. The van der Waals surface area contributed by atoms with Crippen molar-refractivity contribution >= 4 is 17.6 Å². The zero-order valence-corrected chi connectivity index (χ0v) is 10.8. The van der Waals surface area contributed by atoms with Crippen LogP contribution in [-0.4, -0.2) is 36.7 Å². The van der Waals surface area contributed by atoms with Crippen molar-refractivity contribution in [3.05, 3.63) is 12.4 Å². The number of nitrogens with zero attached hydrogens (tertiary/aromatic N) is 6. The lowest BCUT2D eigenvalue weighted by Gasteiger charge is -2.04. The smallest absolute Gasteiger partial charge is 0.215 e. The molecule has 7 nitrogen and oxygen atoms in total. The van der Waals surface area contributed by atoms with E-state index in [0.717, 1.165) is 35.4 Å². The fraction of sp³-hybridized carbons (Fsp3) is 0.500. The lowest BCUT2D eigenvalue weighted by Crippen LogP contribution is -2.01. The van der Waals surface area contributed by atoms with Crippen molar-refractivity contribution in [2.24, 2.45) is 0 Å². The second-order valence-electron chi connectivity index (χ2n) is 4.01. The largest absolute Gasteiger partial charge is 0.370 e. The normalized spacial score (nSPS) is 14.7. The molecule has 1 saturated carbocycles. The van der Waals surface area contributed by atoms with Gasteiger partial charge in [0.15, 0.2) is 0 Å². The van der Waals surface area contributed by atoms with Crippen molar-refractivity contribution < 1.29 is 0 Å². The fourth-order valence-electron chi connectivity index (χ4n) is 1.57. The number of hydrogen-bond donors (Lipinski definition) is 1. The van der Waals surface area contributed by atoms with E-state index in [1.165, 1.54) is 11.8 Å². The number of anilines is 1. The standard InChI is InChI=1S/C10H13N7S/c1-2-11-8-5-9(13-6-12-8)18-10-14-15-16-17(10)7-3-4-7/h5-7H,2-4H2,1H3,(H,11,12,13). The summed E-state index contributed by atoms with van der Waals surface area (Å²) in [4.78, 5) is 8.35. The highest BCUT2D eigenvalue weighted by Gasteiger charge is 2.28. The van der Waals surface area contributed by atoms with Crippen molar-refractivity contribution in [3.8, 4) is 0 Å². The maximum Gasteiger partial charge on any atom is 0.215 e. The second-order valence-corrected chi connectivity index (χ2v) is 5.00. The van der Waals surface area contributed by atoms with Crippen LogP contribution in [0.5, 0.6) is 0 Å². The van der Waals surface area contributed by atoms with E-state index in [1.54, 1.807) is 6.33 Å². The van der Waals surface area contributed by atoms with Gasteiger partial charge in [0, 0.05) is 12.6 Å². The highest BCUT2D eigenvalue weighted by atomic mass is 32.2. The van der Waals surface area contributed by atoms with Gasteiger partial charge in [0.25, 0.3) is 0 Å². The third-order valence-corrected chi connectivity index (χ3v) is 3.43. The Morgan fingerprint density at radius 3 is 3.11 bits per heavy atom. The molecule has 0 aliphatic heterocycles. The lowest BCUT2D eigenvalue weighted by atomic mass is 10.5. The first-order valence-corrected chi connectivity index (χ1v) is 6.70. The van der Waals surface area contributed by atoms with Crippen molar-refractivity contribution in [1.82, 2.24) is 30.2 Å². The molecule has 1 aliphatic rings. The molecule has 2 aromatic rings. The Balaban J connectivity index is 1.78. The van der Waals surface area contributed by atoms with Crippen LogP contribution in [-0.2, 0) is 0 Å². The zero-order chi connectivity index (χ0) is 12.4. The third kappa shape index (κ3) is 2.42. The molecule has 3 rings (SSSR count). The summed E-state index contributed by atoms with van der Waals surface area (Å²) in [6.45, 7) is 2.86. The van der Waals surface area contributed by atoms with E-state index in [0.29, 0.717) is 6.04 Å². The van der Waals surface area contributed by atoms with Crippen molar-refractivity contribution in [3.63, 3.8) is 0 Å². The molecule has 0 atom stereocenters. The van der Waals surface area contributed by atoms with Gasteiger partial charge < -0.3 is 5.32 Å². The zero-order valence-electron chi connectivity index (χ0n) is 9.94. The molecule has 2 heterocycles. The van der Waals surface area contributed by atoms with Crippen LogP contribution in [0.3, 0.4) is 0 Å². The van der Waals surface area contributed by atoms with E-state index in [4.69, 9.17) is 0 Å². The average Bonchev–Trinajstić information content (AvgIpc) is 3.12. The van der Waals surface area contributed by atoms with Gasteiger partial charge in [-0.15, -0.1) is 5.10 Å². The van der Waals surface area contributed by atoms with Crippen LogP contribution in [0.15, 0.2) is 22.6 Å². The van der Waals surface area contributed by atoms with Gasteiger partial charge in [-0.25, -0.2) is 14.6 Å². The molecule has 0 aromatic carbocycles. The minimum atomic E-state index is 0.470. The summed E-state index contributed by atoms with van der Waals surface area (Å²) in [6.07, 6.45) is 3.86. The van der Waals surface area contributed by atoms with Gasteiger partial charge >= 0.3 is 0 Å². The quantitative estimate of drug-likeness (QED) is 0.816.